The lowest BCUT2D eigenvalue weighted by Crippen LogP contribution is -2.30. The van der Waals surface area contributed by atoms with Gasteiger partial charge in [0.15, 0.2) is 0 Å². The molecule has 0 atom stereocenters. The lowest BCUT2D eigenvalue weighted by atomic mass is 10.2. The lowest BCUT2D eigenvalue weighted by molar-refractivity contribution is 0.0942. The zero-order chi connectivity index (χ0) is 14.3. The van der Waals surface area contributed by atoms with E-state index in [1.165, 1.54) is 0 Å². The second-order valence-corrected chi connectivity index (χ2v) is 4.84. The van der Waals surface area contributed by atoms with E-state index in [-0.39, 0.29) is 17.6 Å². The molecule has 1 aromatic heterocycles. The average Bonchev–Trinajstić information content (AvgIpc) is 2.88. The van der Waals surface area contributed by atoms with Crippen LogP contribution in [0.3, 0.4) is 0 Å². The summed E-state index contributed by atoms with van der Waals surface area (Å²) in [5.74, 6) is 1.01. The van der Waals surface area contributed by atoms with Crippen LogP contribution in [0.5, 0.6) is 0 Å². The van der Waals surface area contributed by atoms with Gasteiger partial charge in [-0.25, -0.2) is 4.98 Å². The molecule has 19 heavy (non-hydrogen) atoms. The maximum atomic E-state index is 11.8. The molecule has 0 radical (unpaired) electrons. The Morgan fingerprint density at radius 1 is 1.37 bits per heavy atom. The highest BCUT2D eigenvalue weighted by Crippen LogP contribution is 2.07. The summed E-state index contributed by atoms with van der Waals surface area (Å²) < 4.78 is 0. The van der Waals surface area contributed by atoms with Crippen molar-refractivity contribution in [3.8, 4) is 0 Å². The molecule has 0 saturated heterocycles. The number of carbonyl (C=O) groups excluding carboxylic acids is 1. The van der Waals surface area contributed by atoms with Crippen molar-refractivity contribution >= 4 is 5.91 Å². The first-order chi connectivity index (χ1) is 9.08. The van der Waals surface area contributed by atoms with Gasteiger partial charge in [-0.3, -0.25) is 9.89 Å². The first kappa shape index (κ1) is 15.6. The predicted octanol–water partition coefficient (Wildman–Crippen LogP) is 1.39. The van der Waals surface area contributed by atoms with Gasteiger partial charge in [-0.1, -0.05) is 27.7 Å². The fourth-order valence-electron chi connectivity index (χ4n) is 1.76. The smallest absolute Gasteiger partial charge is 0.290 e. The van der Waals surface area contributed by atoms with Crippen molar-refractivity contribution in [2.75, 3.05) is 26.2 Å². The van der Waals surface area contributed by atoms with Gasteiger partial charge in [0.2, 0.25) is 5.82 Å². The van der Waals surface area contributed by atoms with Crippen molar-refractivity contribution in [1.29, 1.82) is 0 Å². The van der Waals surface area contributed by atoms with E-state index in [9.17, 15) is 4.79 Å². The van der Waals surface area contributed by atoms with Crippen molar-refractivity contribution in [3.63, 3.8) is 0 Å². The van der Waals surface area contributed by atoms with Gasteiger partial charge in [0.1, 0.15) is 5.82 Å². The molecule has 0 aliphatic heterocycles. The summed E-state index contributed by atoms with van der Waals surface area (Å²) in [5, 5.41) is 9.55. The highest BCUT2D eigenvalue weighted by molar-refractivity contribution is 5.90. The Labute approximate surface area is 115 Å². The molecule has 1 rings (SSSR count). The number of nitrogens with zero attached hydrogens (tertiary/aromatic N) is 3. The molecule has 1 aromatic rings. The van der Waals surface area contributed by atoms with Crippen LogP contribution < -0.4 is 5.32 Å². The Balaban J connectivity index is 2.31. The summed E-state index contributed by atoms with van der Waals surface area (Å²) >= 11 is 0. The van der Waals surface area contributed by atoms with E-state index < -0.39 is 0 Å². The maximum absolute atomic E-state index is 11.8. The zero-order valence-electron chi connectivity index (χ0n) is 12.4. The van der Waals surface area contributed by atoms with Crippen LogP contribution in [0.2, 0.25) is 0 Å². The van der Waals surface area contributed by atoms with Gasteiger partial charge in [0.25, 0.3) is 5.91 Å². The molecular formula is C13H25N5O. The van der Waals surface area contributed by atoms with Crippen molar-refractivity contribution < 1.29 is 4.79 Å². The fourth-order valence-corrected chi connectivity index (χ4v) is 1.76. The number of aromatic nitrogens is 3. The highest BCUT2D eigenvalue weighted by Gasteiger charge is 2.13. The van der Waals surface area contributed by atoms with E-state index in [1.807, 2.05) is 13.8 Å². The second kappa shape index (κ2) is 7.89. The van der Waals surface area contributed by atoms with Gasteiger partial charge in [0.05, 0.1) is 0 Å². The Morgan fingerprint density at radius 3 is 2.58 bits per heavy atom. The Morgan fingerprint density at radius 2 is 2.05 bits per heavy atom. The van der Waals surface area contributed by atoms with Gasteiger partial charge in [-0.05, 0) is 26.1 Å². The van der Waals surface area contributed by atoms with Crippen LogP contribution in [0.25, 0.3) is 0 Å². The third kappa shape index (κ3) is 4.98. The van der Waals surface area contributed by atoms with Crippen LogP contribution in [0.15, 0.2) is 0 Å². The number of aromatic amines is 1. The summed E-state index contributed by atoms with van der Waals surface area (Å²) in [6, 6.07) is 0. The third-order valence-electron chi connectivity index (χ3n) is 3.08. The molecule has 0 aliphatic rings. The van der Waals surface area contributed by atoms with E-state index in [4.69, 9.17) is 0 Å². The Hall–Kier alpha value is -1.43. The molecule has 0 spiro atoms. The SMILES string of the molecule is CCN(CC)CCCNC(=O)c1n[nH]c(C(C)C)n1. The van der Waals surface area contributed by atoms with Crippen LogP contribution in [0.4, 0.5) is 0 Å². The molecular weight excluding hydrogens is 242 g/mol. The largest absolute Gasteiger partial charge is 0.349 e. The average molecular weight is 267 g/mol. The van der Waals surface area contributed by atoms with E-state index in [0.29, 0.717) is 6.54 Å². The number of carbonyl (C=O) groups is 1. The summed E-state index contributed by atoms with van der Waals surface area (Å²) in [7, 11) is 0. The number of rotatable bonds is 8. The first-order valence-electron chi connectivity index (χ1n) is 7.01. The van der Waals surface area contributed by atoms with Crippen molar-refractivity contribution in [2.45, 2.75) is 40.0 Å². The maximum Gasteiger partial charge on any atom is 0.290 e. The van der Waals surface area contributed by atoms with Gasteiger partial charge in [0, 0.05) is 12.5 Å². The van der Waals surface area contributed by atoms with Crippen molar-refractivity contribution in [2.24, 2.45) is 0 Å². The molecule has 108 valence electrons. The van der Waals surface area contributed by atoms with Crippen molar-refractivity contribution in [3.05, 3.63) is 11.6 Å². The quantitative estimate of drug-likeness (QED) is 0.698. The normalized spacial score (nSPS) is 11.3. The topological polar surface area (TPSA) is 73.9 Å². The summed E-state index contributed by atoms with van der Waals surface area (Å²) in [6.45, 7) is 12.0. The van der Waals surface area contributed by atoms with E-state index in [1.54, 1.807) is 0 Å². The van der Waals surface area contributed by atoms with Gasteiger partial charge >= 0.3 is 0 Å². The number of hydrogen-bond acceptors (Lipinski definition) is 4. The van der Waals surface area contributed by atoms with Gasteiger partial charge in [-0.15, -0.1) is 5.10 Å². The van der Waals surface area contributed by atoms with Crippen LogP contribution >= 0.6 is 0 Å². The summed E-state index contributed by atoms with van der Waals surface area (Å²) in [6.07, 6.45) is 0.939. The van der Waals surface area contributed by atoms with E-state index >= 15 is 0 Å². The molecule has 0 unspecified atom stereocenters. The predicted molar refractivity (Wildman–Crippen MR) is 75.2 cm³/mol. The number of amides is 1. The summed E-state index contributed by atoms with van der Waals surface area (Å²) in [4.78, 5) is 18.3. The van der Waals surface area contributed by atoms with Crippen LogP contribution in [0, 0.1) is 0 Å². The van der Waals surface area contributed by atoms with Crippen LogP contribution in [-0.4, -0.2) is 52.2 Å². The molecule has 0 bridgehead atoms. The summed E-state index contributed by atoms with van der Waals surface area (Å²) in [5.41, 5.74) is 0. The lowest BCUT2D eigenvalue weighted by Gasteiger charge is -2.17. The molecule has 1 heterocycles. The minimum absolute atomic E-state index is 0.206. The molecule has 0 fully saturated rings. The third-order valence-corrected chi connectivity index (χ3v) is 3.08. The molecule has 6 heteroatoms. The Bertz CT molecular complexity index is 384. The molecule has 0 aliphatic carbocycles. The van der Waals surface area contributed by atoms with Gasteiger partial charge in [-0.2, -0.15) is 0 Å². The standard InChI is InChI=1S/C13H25N5O/c1-5-18(6-2)9-7-8-14-13(19)12-15-11(10(3)4)16-17-12/h10H,5-9H2,1-4H3,(H,14,19)(H,15,16,17). The fraction of sp³-hybridized carbons (Fsp3) is 0.769. The van der Waals surface area contributed by atoms with Crippen LogP contribution in [0.1, 0.15) is 56.5 Å². The van der Waals surface area contributed by atoms with Gasteiger partial charge < -0.3 is 10.2 Å². The van der Waals surface area contributed by atoms with Crippen LogP contribution in [-0.2, 0) is 0 Å². The van der Waals surface area contributed by atoms with E-state index in [2.05, 4.69) is 39.2 Å². The minimum Gasteiger partial charge on any atom is -0.349 e. The first-order valence-corrected chi connectivity index (χ1v) is 7.01. The second-order valence-electron chi connectivity index (χ2n) is 4.84. The number of hydrogen-bond donors (Lipinski definition) is 2. The monoisotopic (exact) mass is 267 g/mol. The molecule has 2 N–H and O–H groups in total. The molecule has 0 saturated carbocycles. The molecule has 6 nitrogen and oxygen atoms in total. The Kier molecular flexibility index (Phi) is 6.49. The van der Waals surface area contributed by atoms with Crippen molar-refractivity contribution in [1.82, 2.24) is 25.4 Å². The molecule has 0 aromatic carbocycles. The van der Waals surface area contributed by atoms with E-state index in [0.717, 1.165) is 31.9 Å². The number of H-pyrrole nitrogens is 1. The highest BCUT2D eigenvalue weighted by atomic mass is 16.2. The number of nitrogens with one attached hydrogen (secondary N) is 2. The minimum atomic E-state index is -0.206. The zero-order valence-corrected chi connectivity index (χ0v) is 12.4. The molecule has 1 amide bonds.